The van der Waals surface area contributed by atoms with E-state index in [0.29, 0.717) is 18.2 Å². The fourth-order valence-electron chi connectivity index (χ4n) is 2.93. The van der Waals surface area contributed by atoms with E-state index in [1.165, 1.54) is 24.3 Å². The molecule has 0 saturated heterocycles. The SMILES string of the molecule is O=C(NN=Cc1ccccc1-c1cc(C(F)(F)F)ccc1S(=O)(=O)O)c1c(F)cccc1F. The van der Waals surface area contributed by atoms with Gasteiger partial charge in [0.1, 0.15) is 22.1 Å². The molecule has 0 atom stereocenters. The van der Waals surface area contributed by atoms with Gasteiger partial charge < -0.3 is 0 Å². The first-order valence-electron chi connectivity index (χ1n) is 8.95. The highest BCUT2D eigenvalue weighted by atomic mass is 32.2. The maximum absolute atomic E-state index is 13.7. The molecule has 3 aromatic rings. The molecule has 0 saturated carbocycles. The summed E-state index contributed by atoms with van der Waals surface area (Å²) in [6.45, 7) is 0. The van der Waals surface area contributed by atoms with Gasteiger partial charge in [0.05, 0.1) is 11.8 Å². The van der Waals surface area contributed by atoms with Gasteiger partial charge >= 0.3 is 6.18 Å². The molecule has 0 aliphatic heterocycles. The first-order valence-corrected chi connectivity index (χ1v) is 10.4. The minimum atomic E-state index is -4.91. The summed E-state index contributed by atoms with van der Waals surface area (Å²) in [5.41, 5.74) is -0.680. The third kappa shape index (κ3) is 5.41. The van der Waals surface area contributed by atoms with Crippen LogP contribution in [-0.2, 0) is 16.3 Å². The average Bonchev–Trinajstić information content (AvgIpc) is 2.72. The van der Waals surface area contributed by atoms with Crippen LogP contribution in [0.5, 0.6) is 0 Å². The second-order valence-corrected chi connectivity index (χ2v) is 7.96. The molecule has 0 aromatic heterocycles. The van der Waals surface area contributed by atoms with Crippen molar-refractivity contribution in [1.29, 1.82) is 0 Å². The Bertz CT molecular complexity index is 1330. The van der Waals surface area contributed by atoms with Crippen LogP contribution in [0.25, 0.3) is 11.1 Å². The minimum absolute atomic E-state index is 0.0380. The van der Waals surface area contributed by atoms with Crippen LogP contribution in [0.1, 0.15) is 21.5 Å². The number of carbonyl (C=O) groups is 1. The molecule has 1 amide bonds. The van der Waals surface area contributed by atoms with Crippen molar-refractivity contribution in [1.82, 2.24) is 5.43 Å². The van der Waals surface area contributed by atoms with Gasteiger partial charge in [0.15, 0.2) is 0 Å². The zero-order chi connectivity index (χ0) is 24.4. The van der Waals surface area contributed by atoms with Crippen molar-refractivity contribution in [2.45, 2.75) is 11.1 Å². The van der Waals surface area contributed by atoms with Crippen LogP contribution in [0.3, 0.4) is 0 Å². The molecule has 12 heteroatoms. The molecule has 33 heavy (non-hydrogen) atoms. The van der Waals surface area contributed by atoms with E-state index in [4.69, 9.17) is 0 Å². The van der Waals surface area contributed by atoms with Gasteiger partial charge in [-0.05, 0) is 35.9 Å². The number of rotatable bonds is 5. The highest BCUT2D eigenvalue weighted by Crippen LogP contribution is 2.36. The van der Waals surface area contributed by atoms with Crippen molar-refractivity contribution in [3.63, 3.8) is 0 Å². The molecule has 0 heterocycles. The highest BCUT2D eigenvalue weighted by molar-refractivity contribution is 7.86. The topological polar surface area (TPSA) is 95.8 Å². The van der Waals surface area contributed by atoms with E-state index < -0.39 is 55.4 Å². The summed E-state index contributed by atoms with van der Waals surface area (Å²) in [6, 6.07) is 9.90. The van der Waals surface area contributed by atoms with E-state index in [1.807, 2.05) is 5.43 Å². The Morgan fingerprint density at radius 3 is 2.18 bits per heavy atom. The minimum Gasteiger partial charge on any atom is -0.282 e. The van der Waals surface area contributed by atoms with Crippen LogP contribution in [0.15, 0.2) is 70.7 Å². The first kappa shape index (κ1) is 24.0. The van der Waals surface area contributed by atoms with Gasteiger partial charge in [-0.1, -0.05) is 30.3 Å². The van der Waals surface area contributed by atoms with Crippen LogP contribution in [0, 0.1) is 11.6 Å². The predicted molar refractivity (Wildman–Crippen MR) is 108 cm³/mol. The number of nitrogens with zero attached hydrogens (tertiary/aromatic N) is 1. The lowest BCUT2D eigenvalue weighted by Gasteiger charge is -2.14. The lowest BCUT2D eigenvalue weighted by Crippen LogP contribution is -2.20. The van der Waals surface area contributed by atoms with E-state index in [0.717, 1.165) is 24.4 Å². The van der Waals surface area contributed by atoms with Gasteiger partial charge in [0.2, 0.25) is 0 Å². The zero-order valence-corrected chi connectivity index (χ0v) is 17.1. The summed E-state index contributed by atoms with van der Waals surface area (Å²) in [5.74, 6) is -3.49. The zero-order valence-electron chi connectivity index (χ0n) is 16.3. The molecule has 0 unspecified atom stereocenters. The average molecular weight is 484 g/mol. The van der Waals surface area contributed by atoms with Gasteiger partial charge in [-0.3, -0.25) is 9.35 Å². The Balaban J connectivity index is 2.03. The highest BCUT2D eigenvalue weighted by Gasteiger charge is 2.32. The number of benzene rings is 3. The molecule has 0 aliphatic rings. The van der Waals surface area contributed by atoms with E-state index in [9.17, 15) is 39.7 Å². The largest absolute Gasteiger partial charge is 0.416 e. The van der Waals surface area contributed by atoms with Crippen molar-refractivity contribution in [2.24, 2.45) is 5.10 Å². The Hall–Kier alpha value is -3.64. The summed E-state index contributed by atoms with van der Waals surface area (Å²) < 4.78 is 99.9. The van der Waals surface area contributed by atoms with Crippen molar-refractivity contribution in [3.05, 3.63) is 89.0 Å². The van der Waals surface area contributed by atoms with Gasteiger partial charge in [-0.25, -0.2) is 14.2 Å². The van der Waals surface area contributed by atoms with Gasteiger partial charge in [0.25, 0.3) is 16.0 Å². The maximum atomic E-state index is 13.7. The number of hydrogen-bond acceptors (Lipinski definition) is 4. The summed E-state index contributed by atoms with van der Waals surface area (Å²) in [4.78, 5) is 11.2. The van der Waals surface area contributed by atoms with Crippen LogP contribution < -0.4 is 5.43 Å². The molecular weight excluding hydrogens is 471 g/mol. The Morgan fingerprint density at radius 1 is 0.939 bits per heavy atom. The second-order valence-electron chi connectivity index (χ2n) is 6.57. The molecular formula is C21H13F5N2O4S. The van der Waals surface area contributed by atoms with Crippen LogP contribution >= 0.6 is 0 Å². The van der Waals surface area contributed by atoms with Gasteiger partial charge in [0, 0.05) is 11.1 Å². The molecule has 2 N–H and O–H groups in total. The number of alkyl halides is 3. The van der Waals surface area contributed by atoms with Crippen LogP contribution in [0.2, 0.25) is 0 Å². The van der Waals surface area contributed by atoms with Crippen molar-refractivity contribution in [2.75, 3.05) is 0 Å². The lowest BCUT2D eigenvalue weighted by molar-refractivity contribution is -0.137. The molecule has 3 rings (SSSR count). The maximum Gasteiger partial charge on any atom is 0.416 e. The van der Waals surface area contributed by atoms with Crippen LogP contribution in [-0.4, -0.2) is 25.1 Å². The number of carbonyl (C=O) groups excluding carboxylic acids is 1. The molecule has 3 aromatic carbocycles. The number of hydrazone groups is 1. The van der Waals surface area contributed by atoms with Crippen LogP contribution in [0.4, 0.5) is 22.0 Å². The predicted octanol–water partition coefficient (Wildman–Crippen LogP) is 4.66. The molecule has 0 fully saturated rings. The Morgan fingerprint density at radius 2 is 1.58 bits per heavy atom. The molecule has 0 bridgehead atoms. The number of hydrogen-bond donors (Lipinski definition) is 2. The van der Waals surface area contributed by atoms with Crippen molar-refractivity contribution in [3.8, 4) is 11.1 Å². The smallest absolute Gasteiger partial charge is 0.282 e. The number of nitrogens with one attached hydrogen (secondary N) is 1. The second kappa shape index (κ2) is 9.08. The third-order valence-electron chi connectivity index (χ3n) is 4.40. The summed E-state index contributed by atoms with van der Waals surface area (Å²) >= 11 is 0. The molecule has 0 radical (unpaired) electrons. The van der Waals surface area contributed by atoms with Crippen molar-refractivity contribution < 1.29 is 39.7 Å². The molecule has 172 valence electrons. The van der Waals surface area contributed by atoms with E-state index >= 15 is 0 Å². The Labute approximate surface area is 184 Å². The standard InChI is InChI=1S/C21H13F5N2O4S/c22-16-6-3-7-17(23)19(16)20(29)28-27-11-12-4-1-2-5-14(12)15-10-13(21(24,25)26)8-9-18(15)33(30,31)32/h1-11H,(H,28,29)(H,30,31,32). The summed E-state index contributed by atoms with van der Waals surface area (Å²) in [5, 5.41) is 3.56. The van der Waals surface area contributed by atoms with Crippen molar-refractivity contribution >= 4 is 22.2 Å². The quantitative estimate of drug-likeness (QED) is 0.238. The number of halogens is 5. The van der Waals surface area contributed by atoms with E-state index in [-0.39, 0.29) is 11.1 Å². The third-order valence-corrected chi connectivity index (χ3v) is 5.31. The number of amides is 1. The molecule has 6 nitrogen and oxygen atoms in total. The van der Waals surface area contributed by atoms with E-state index in [2.05, 4.69) is 5.10 Å². The molecule has 0 aliphatic carbocycles. The first-order chi connectivity index (χ1) is 15.4. The summed E-state index contributed by atoms with van der Waals surface area (Å²) in [7, 11) is -4.91. The lowest BCUT2D eigenvalue weighted by atomic mass is 9.98. The van der Waals surface area contributed by atoms with Gasteiger partial charge in [-0.15, -0.1) is 0 Å². The fraction of sp³-hybridized carbons (Fsp3) is 0.0476. The summed E-state index contributed by atoms with van der Waals surface area (Å²) in [6.07, 6.45) is -3.85. The van der Waals surface area contributed by atoms with Gasteiger partial charge in [-0.2, -0.15) is 26.7 Å². The van der Waals surface area contributed by atoms with E-state index in [1.54, 1.807) is 0 Å². The normalized spacial score (nSPS) is 12.2. The monoisotopic (exact) mass is 484 g/mol. The Kier molecular flexibility index (Phi) is 6.60. The fourth-order valence-corrected chi connectivity index (χ4v) is 3.61. The molecule has 0 spiro atoms.